The van der Waals surface area contributed by atoms with Crippen LogP contribution in [0.15, 0.2) is 76.9 Å². The minimum absolute atomic E-state index is 0.0945. The molecule has 3 aromatic carbocycles. The molecule has 0 atom stereocenters. The quantitative estimate of drug-likeness (QED) is 0.249. The van der Waals surface area contributed by atoms with Gasteiger partial charge in [0.2, 0.25) is 0 Å². The number of aryl methyl sites for hydroxylation is 1. The van der Waals surface area contributed by atoms with Gasteiger partial charge in [-0.2, -0.15) is 0 Å². The van der Waals surface area contributed by atoms with E-state index in [1.807, 2.05) is 6.92 Å². The number of non-ortho nitro benzene ring substituents is 1. The molecular formula is C23H17BrClN3O4. The molecule has 7 nitrogen and oxygen atoms in total. The Morgan fingerprint density at radius 1 is 1.06 bits per heavy atom. The van der Waals surface area contributed by atoms with Crippen molar-refractivity contribution >= 4 is 56.8 Å². The second-order valence-electron chi connectivity index (χ2n) is 6.76. The zero-order valence-electron chi connectivity index (χ0n) is 16.8. The third-order valence-electron chi connectivity index (χ3n) is 4.43. The lowest BCUT2D eigenvalue weighted by Gasteiger charge is -2.12. The molecule has 0 unspecified atom stereocenters. The van der Waals surface area contributed by atoms with Gasteiger partial charge in [0, 0.05) is 27.3 Å². The molecule has 0 aromatic heterocycles. The van der Waals surface area contributed by atoms with Crippen LogP contribution in [0, 0.1) is 17.0 Å². The Kier molecular flexibility index (Phi) is 7.40. The lowest BCUT2D eigenvalue weighted by atomic mass is 10.1. The molecule has 0 aliphatic carbocycles. The molecule has 0 radical (unpaired) electrons. The van der Waals surface area contributed by atoms with Crippen LogP contribution in [0.5, 0.6) is 0 Å². The van der Waals surface area contributed by atoms with Gasteiger partial charge in [0.1, 0.15) is 5.70 Å². The fraction of sp³-hybridized carbons (Fsp3) is 0.0435. The van der Waals surface area contributed by atoms with Crippen LogP contribution in [-0.4, -0.2) is 16.7 Å². The van der Waals surface area contributed by atoms with Crippen LogP contribution in [0.3, 0.4) is 0 Å². The Labute approximate surface area is 197 Å². The molecule has 0 spiro atoms. The topological polar surface area (TPSA) is 101 Å². The summed E-state index contributed by atoms with van der Waals surface area (Å²) in [5, 5.41) is 16.8. The Bertz CT molecular complexity index is 1240. The fourth-order valence-corrected chi connectivity index (χ4v) is 3.40. The number of benzene rings is 3. The van der Waals surface area contributed by atoms with Crippen molar-refractivity contribution in [3.8, 4) is 0 Å². The molecule has 9 heteroatoms. The number of carbonyl (C=O) groups excluding carboxylic acids is 2. The van der Waals surface area contributed by atoms with Gasteiger partial charge in [-0.05, 0) is 64.3 Å². The van der Waals surface area contributed by atoms with E-state index in [0.717, 1.165) is 5.56 Å². The highest BCUT2D eigenvalue weighted by Gasteiger charge is 2.17. The molecule has 3 rings (SSSR count). The summed E-state index contributed by atoms with van der Waals surface area (Å²) < 4.78 is 0.554. The number of carbonyl (C=O) groups is 2. The van der Waals surface area contributed by atoms with Gasteiger partial charge in [-0.3, -0.25) is 19.7 Å². The molecule has 162 valence electrons. The van der Waals surface area contributed by atoms with Crippen molar-refractivity contribution in [2.24, 2.45) is 0 Å². The smallest absolute Gasteiger partial charge is 0.272 e. The molecule has 32 heavy (non-hydrogen) atoms. The summed E-state index contributed by atoms with van der Waals surface area (Å²) in [7, 11) is 0. The van der Waals surface area contributed by atoms with Crippen LogP contribution >= 0.6 is 27.5 Å². The predicted octanol–water partition coefficient (Wildman–Crippen LogP) is 5.73. The number of nitrogens with zero attached hydrogens (tertiary/aromatic N) is 1. The SMILES string of the molecule is Cc1ccc(NC(=O)C(=Cc2cccc([N+](=O)[O-])c2)NC(=O)c2ccccc2Br)cc1Cl. The average molecular weight is 515 g/mol. The van der Waals surface area contributed by atoms with Crippen LogP contribution < -0.4 is 10.6 Å². The highest BCUT2D eigenvalue weighted by molar-refractivity contribution is 9.10. The molecular weight excluding hydrogens is 498 g/mol. The summed E-state index contributed by atoms with van der Waals surface area (Å²) in [6.07, 6.45) is 1.37. The Hall–Kier alpha value is -3.49. The Morgan fingerprint density at radius 3 is 2.50 bits per heavy atom. The molecule has 0 saturated carbocycles. The van der Waals surface area contributed by atoms with E-state index in [9.17, 15) is 19.7 Å². The van der Waals surface area contributed by atoms with Gasteiger partial charge in [0.25, 0.3) is 17.5 Å². The molecule has 0 aliphatic rings. The van der Waals surface area contributed by atoms with E-state index in [-0.39, 0.29) is 11.4 Å². The number of halogens is 2. The van der Waals surface area contributed by atoms with E-state index in [2.05, 4.69) is 26.6 Å². The lowest BCUT2D eigenvalue weighted by molar-refractivity contribution is -0.384. The third-order valence-corrected chi connectivity index (χ3v) is 5.53. The highest BCUT2D eigenvalue weighted by atomic mass is 79.9. The summed E-state index contributed by atoms with van der Waals surface area (Å²) in [6, 6.07) is 17.5. The first-order valence-electron chi connectivity index (χ1n) is 9.34. The van der Waals surface area contributed by atoms with Crippen molar-refractivity contribution in [2.75, 3.05) is 5.32 Å². The monoisotopic (exact) mass is 513 g/mol. The van der Waals surface area contributed by atoms with Crippen LogP contribution in [0.25, 0.3) is 6.08 Å². The molecule has 0 saturated heterocycles. The van der Waals surface area contributed by atoms with E-state index < -0.39 is 16.7 Å². The zero-order valence-corrected chi connectivity index (χ0v) is 19.1. The van der Waals surface area contributed by atoms with Crippen molar-refractivity contribution in [2.45, 2.75) is 6.92 Å². The van der Waals surface area contributed by atoms with Gasteiger partial charge in [-0.15, -0.1) is 0 Å². The minimum Gasteiger partial charge on any atom is -0.321 e. The first kappa shape index (κ1) is 23.2. The van der Waals surface area contributed by atoms with Gasteiger partial charge >= 0.3 is 0 Å². The molecule has 2 N–H and O–H groups in total. The molecule has 0 heterocycles. The standard InChI is InChI=1S/C23H17BrClN3O4/c1-14-9-10-16(13-20(14)25)26-23(30)21(12-15-5-4-6-17(11-15)28(31)32)27-22(29)18-7-2-3-8-19(18)24/h2-13H,1H3,(H,26,30)(H,27,29). The lowest BCUT2D eigenvalue weighted by Crippen LogP contribution is -2.31. The number of nitrogens with one attached hydrogen (secondary N) is 2. The second-order valence-corrected chi connectivity index (χ2v) is 8.02. The summed E-state index contributed by atoms with van der Waals surface area (Å²) >= 11 is 9.44. The summed E-state index contributed by atoms with van der Waals surface area (Å²) in [5.74, 6) is -1.14. The van der Waals surface area contributed by atoms with Crippen LogP contribution in [0.4, 0.5) is 11.4 Å². The number of nitro benzene ring substituents is 1. The molecule has 2 amide bonds. The van der Waals surface area contributed by atoms with Crippen molar-refractivity contribution in [3.05, 3.63) is 109 Å². The van der Waals surface area contributed by atoms with Gasteiger partial charge in [0.05, 0.1) is 10.5 Å². The maximum absolute atomic E-state index is 13.0. The van der Waals surface area contributed by atoms with E-state index in [1.165, 1.54) is 24.3 Å². The number of anilines is 1. The van der Waals surface area contributed by atoms with E-state index in [0.29, 0.717) is 26.3 Å². The molecule has 0 aliphatic heterocycles. The number of rotatable bonds is 6. The van der Waals surface area contributed by atoms with Gasteiger partial charge in [0.15, 0.2) is 0 Å². The maximum Gasteiger partial charge on any atom is 0.272 e. The predicted molar refractivity (Wildman–Crippen MR) is 128 cm³/mol. The van der Waals surface area contributed by atoms with E-state index in [1.54, 1.807) is 48.5 Å². The summed E-state index contributed by atoms with van der Waals surface area (Å²) in [4.78, 5) is 36.4. The first-order chi connectivity index (χ1) is 15.2. The van der Waals surface area contributed by atoms with Crippen molar-refractivity contribution in [1.82, 2.24) is 5.32 Å². The van der Waals surface area contributed by atoms with Crippen molar-refractivity contribution in [3.63, 3.8) is 0 Å². The normalized spacial score (nSPS) is 11.0. The van der Waals surface area contributed by atoms with E-state index in [4.69, 9.17) is 11.6 Å². The highest BCUT2D eigenvalue weighted by Crippen LogP contribution is 2.22. The van der Waals surface area contributed by atoms with Gasteiger partial charge < -0.3 is 10.6 Å². The van der Waals surface area contributed by atoms with Gasteiger partial charge in [-0.1, -0.05) is 41.9 Å². The van der Waals surface area contributed by atoms with Crippen molar-refractivity contribution in [1.29, 1.82) is 0 Å². The van der Waals surface area contributed by atoms with Crippen LogP contribution in [0.1, 0.15) is 21.5 Å². The minimum atomic E-state index is -0.614. The molecule has 0 fully saturated rings. The summed E-state index contributed by atoms with van der Waals surface area (Å²) in [6.45, 7) is 1.83. The molecule has 3 aromatic rings. The second kappa shape index (κ2) is 10.2. The maximum atomic E-state index is 13.0. The number of hydrogen-bond acceptors (Lipinski definition) is 4. The Balaban J connectivity index is 1.96. The van der Waals surface area contributed by atoms with Crippen LogP contribution in [-0.2, 0) is 4.79 Å². The molecule has 0 bridgehead atoms. The van der Waals surface area contributed by atoms with Gasteiger partial charge in [-0.25, -0.2) is 0 Å². The number of nitro groups is 1. The third kappa shape index (κ3) is 5.81. The fourth-order valence-electron chi connectivity index (χ4n) is 2.76. The van der Waals surface area contributed by atoms with Crippen molar-refractivity contribution < 1.29 is 14.5 Å². The van der Waals surface area contributed by atoms with E-state index >= 15 is 0 Å². The number of hydrogen-bond donors (Lipinski definition) is 2. The van der Waals surface area contributed by atoms with Crippen LogP contribution in [0.2, 0.25) is 5.02 Å². The first-order valence-corrected chi connectivity index (χ1v) is 10.5. The largest absolute Gasteiger partial charge is 0.321 e. The summed E-state index contributed by atoms with van der Waals surface area (Å²) in [5.41, 5.74) is 1.75. The zero-order chi connectivity index (χ0) is 23.3. The number of amides is 2. The Morgan fingerprint density at radius 2 is 1.81 bits per heavy atom. The average Bonchev–Trinajstić information content (AvgIpc) is 2.76.